The van der Waals surface area contributed by atoms with E-state index in [0.29, 0.717) is 15.4 Å². The molecule has 0 radical (unpaired) electrons. The minimum absolute atomic E-state index is 0.641. The third kappa shape index (κ3) is 3.22. The van der Waals surface area contributed by atoms with E-state index in [2.05, 4.69) is 26.1 Å². The molecule has 0 fully saturated rings. The Balaban J connectivity index is 1.96. The van der Waals surface area contributed by atoms with Crippen molar-refractivity contribution >= 4 is 39.3 Å². The van der Waals surface area contributed by atoms with Crippen molar-refractivity contribution < 1.29 is 4.52 Å². The molecule has 2 rings (SSSR count). The quantitative estimate of drug-likeness (QED) is 0.809. The second-order valence-corrected chi connectivity index (χ2v) is 4.96. The number of aromatic nitrogens is 2. The highest BCUT2D eigenvalue weighted by molar-refractivity contribution is 9.10. The highest BCUT2D eigenvalue weighted by Gasteiger charge is 2.03. The third-order valence-corrected chi connectivity index (χ3v) is 3.16. The summed E-state index contributed by atoms with van der Waals surface area (Å²) in [6.45, 7) is 0. The van der Waals surface area contributed by atoms with Crippen molar-refractivity contribution in [2.75, 3.05) is 0 Å². The first-order chi connectivity index (χ1) is 7.24. The van der Waals surface area contributed by atoms with Crippen LogP contribution in [-0.2, 0) is 5.75 Å². The van der Waals surface area contributed by atoms with Gasteiger partial charge in [0, 0.05) is 12.3 Å². The molecule has 0 atom stereocenters. The number of rotatable bonds is 3. The minimum Gasteiger partial charge on any atom is -0.359 e. The van der Waals surface area contributed by atoms with Crippen molar-refractivity contribution in [3.05, 3.63) is 39.8 Å². The standard InChI is InChI=1S/C9H6BrClN2OS/c10-8-3-7(14-13-8)5-15-9-2-1-6(11)4-12-9/h1-4H,5H2. The average molecular weight is 306 g/mol. The molecular formula is C9H6BrClN2OS. The molecule has 0 saturated carbocycles. The van der Waals surface area contributed by atoms with Crippen LogP contribution in [0.25, 0.3) is 0 Å². The van der Waals surface area contributed by atoms with Crippen LogP contribution in [0.1, 0.15) is 5.76 Å². The zero-order valence-corrected chi connectivity index (χ0v) is 10.6. The highest BCUT2D eigenvalue weighted by atomic mass is 79.9. The van der Waals surface area contributed by atoms with Gasteiger partial charge in [0.15, 0.2) is 0 Å². The molecule has 15 heavy (non-hydrogen) atoms. The van der Waals surface area contributed by atoms with Gasteiger partial charge in [-0.05, 0) is 28.1 Å². The summed E-state index contributed by atoms with van der Waals surface area (Å²) in [6.07, 6.45) is 1.63. The molecule has 3 nitrogen and oxygen atoms in total. The SMILES string of the molecule is Clc1ccc(SCc2cc(Br)no2)nc1. The van der Waals surface area contributed by atoms with E-state index in [0.717, 1.165) is 10.8 Å². The van der Waals surface area contributed by atoms with Crippen molar-refractivity contribution in [1.82, 2.24) is 10.1 Å². The van der Waals surface area contributed by atoms with E-state index < -0.39 is 0 Å². The van der Waals surface area contributed by atoms with Crippen LogP contribution in [0.4, 0.5) is 0 Å². The van der Waals surface area contributed by atoms with Crippen LogP contribution in [0.5, 0.6) is 0 Å². The summed E-state index contributed by atoms with van der Waals surface area (Å²) in [7, 11) is 0. The molecule has 0 unspecified atom stereocenters. The number of hydrogen-bond donors (Lipinski definition) is 0. The molecule has 0 aliphatic heterocycles. The van der Waals surface area contributed by atoms with Gasteiger partial charge in [-0.3, -0.25) is 0 Å². The van der Waals surface area contributed by atoms with E-state index >= 15 is 0 Å². The number of thioether (sulfide) groups is 1. The second kappa shape index (κ2) is 5.01. The molecule has 2 aromatic heterocycles. The molecule has 2 aromatic rings. The first-order valence-corrected chi connectivity index (χ1v) is 6.25. The molecule has 0 aromatic carbocycles. The Bertz CT molecular complexity index is 446. The van der Waals surface area contributed by atoms with Gasteiger partial charge in [0.2, 0.25) is 0 Å². The fraction of sp³-hybridized carbons (Fsp3) is 0.111. The Morgan fingerprint density at radius 3 is 2.93 bits per heavy atom. The molecular weight excluding hydrogens is 300 g/mol. The van der Waals surface area contributed by atoms with Gasteiger partial charge < -0.3 is 4.52 Å². The molecule has 0 bridgehead atoms. The van der Waals surface area contributed by atoms with Gasteiger partial charge >= 0.3 is 0 Å². The van der Waals surface area contributed by atoms with Crippen LogP contribution in [0.2, 0.25) is 5.02 Å². The van der Waals surface area contributed by atoms with E-state index in [-0.39, 0.29) is 0 Å². The van der Waals surface area contributed by atoms with Crippen LogP contribution in [0.15, 0.2) is 38.5 Å². The van der Waals surface area contributed by atoms with Crippen molar-refractivity contribution in [2.45, 2.75) is 10.8 Å². The largest absolute Gasteiger partial charge is 0.359 e. The zero-order chi connectivity index (χ0) is 10.7. The lowest BCUT2D eigenvalue weighted by Gasteiger charge is -1.97. The van der Waals surface area contributed by atoms with Crippen molar-refractivity contribution in [1.29, 1.82) is 0 Å². The molecule has 0 saturated heterocycles. The second-order valence-electron chi connectivity index (χ2n) is 2.72. The van der Waals surface area contributed by atoms with Crippen LogP contribution in [0, 0.1) is 0 Å². The van der Waals surface area contributed by atoms with E-state index in [9.17, 15) is 0 Å². The molecule has 0 aliphatic rings. The summed E-state index contributed by atoms with van der Waals surface area (Å²) in [6, 6.07) is 5.52. The summed E-state index contributed by atoms with van der Waals surface area (Å²) in [5.74, 6) is 1.51. The average Bonchev–Trinajstić information content (AvgIpc) is 2.64. The monoisotopic (exact) mass is 304 g/mol. The maximum atomic E-state index is 5.73. The van der Waals surface area contributed by atoms with Gasteiger partial charge in [-0.15, -0.1) is 0 Å². The topological polar surface area (TPSA) is 38.9 Å². The number of halogens is 2. The lowest BCUT2D eigenvalue weighted by Crippen LogP contribution is -1.80. The molecule has 0 spiro atoms. The molecule has 78 valence electrons. The lowest BCUT2D eigenvalue weighted by molar-refractivity contribution is 0.391. The number of hydrogen-bond acceptors (Lipinski definition) is 4. The molecule has 0 N–H and O–H groups in total. The van der Waals surface area contributed by atoms with Crippen LogP contribution in [0.3, 0.4) is 0 Å². The fourth-order valence-corrected chi connectivity index (χ4v) is 2.11. The first-order valence-electron chi connectivity index (χ1n) is 4.09. The van der Waals surface area contributed by atoms with Crippen LogP contribution < -0.4 is 0 Å². The summed E-state index contributed by atoms with van der Waals surface area (Å²) in [4.78, 5) is 4.16. The van der Waals surface area contributed by atoms with Gasteiger partial charge in [0.25, 0.3) is 0 Å². The first kappa shape index (κ1) is 11.0. The Morgan fingerprint density at radius 1 is 1.47 bits per heavy atom. The summed E-state index contributed by atoms with van der Waals surface area (Å²) in [5, 5.41) is 5.28. The normalized spacial score (nSPS) is 10.5. The Hall–Kier alpha value is -0.520. The zero-order valence-electron chi connectivity index (χ0n) is 7.48. The highest BCUT2D eigenvalue weighted by Crippen LogP contribution is 2.23. The smallest absolute Gasteiger partial charge is 0.149 e. The number of nitrogens with zero attached hydrogens (tertiary/aromatic N) is 2. The maximum absolute atomic E-state index is 5.73. The Labute approximate surface area is 104 Å². The van der Waals surface area contributed by atoms with Crippen LogP contribution >= 0.6 is 39.3 Å². The van der Waals surface area contributed by atoms with Gasteiger partial charge in [-0.1, -0.05) is 28.5 Å². The van der Waals surface area contributed by atoms with Crippen LogP contribution in [-0.4, -0.2) is 10.1 Å². The Morgan fingerprint density at radius 2 is 2.33 bits per heavy atom. The van der Waals surface area contributed by atoms with E-state index in [1.807, 2.05) is 18.2 Å². The van der Waals surface area contributed by atoms with E-state index in [4.69, 9.17) is 16.1 Å². The maximum Gasteiger partial charge on any atom is 0.149 e. The molecule has 0 aliphatic carbocycles. The van der Waals surface area contributed by atoms with Gasteiger partial charge in [-0.25, -0.2) is 4.98 Å². The minimum atomic E-state index is 0.641. The summed E-state index contributed by atoms with van der Waals surface area (Å²) >= 11 is 10.5. The molecule has 6 heteroatoms. The van der Waals surface area contributed by atoms with Gasteiger partial charge in [-0.2, -0.15) is 0 Å². The van der Waals surface area contributed by atoms with Crippen molar-refractivity contribution in [3.8, 4) is 0 Å². The van der Waals surface area contributed by atoms with Crippen molar-refractivity contribution in [3.63, 3.8) is 0 Å². The lowest BCUT2D eigenvalue weighted by atomic mass is 10.5. The predicted octanol–water partition coefficient (Wildman–Crippen LogP) is 3.78. The Kier molecular flexibility index (Phi) is 3.66. The fourth-order valence-electron chi connectivity index (χ4n) is 0.948. The van der Waals surface area contributed by atoms with Crippen molar-refractivity contribution in [2.24, 2.45) is 0 Å². The van der Waals surface area contributed by atoms with E-state index in [1.165, 1.54) is 0 Å². The summed E-state index contributed by atoms with van der Waals surface area (Å²) in [5.41, 5.74) is 0. The van der Waals surface area contributed by atoms with Gasteiger partial charge in [0.1, 0.15) is 10.4 Å². The molecule has 2 heterocycles. The summed E-state index contributed by atoms with van der Waals surface area (Å²) < 4.78 is 5.75. The number of pyridine rings is 1. The van der Waals surface area contributed by atoms with E-state index in [1.54, 1.807) is 18.0 Å². The predicted molar refractivity (Wildman–Crippen MR) is 63.0 cm³/mol. The molecule has 0 amide bonds. The van der Waals surface area contributed by atoms with Gasteiger partial charge in [0.05, 0.1) is 15.8 Å². The third-order valence-electron chi connectivity index (χ3n) is 1.59.